The number of para-hydroxylation sites is 1. The number of benzene rings is 2. The molecule has 0 radical (unpaired) electrons. The summed E-state index contributed by atoms with van der Waals surface area (Å²) in [5, 5.41) is 9.13. The summed E-state index contributed by atoms with van der Waals surface area (Å²) in [4.78, 5) is 12.0. The zero-order valence-corrected chi connectivity index (χ0v) is 12.7. The van der Waals surface area contributed by atoms with Crippen molar-refractivity contribution in [1.29, 1.82) is 0 Å². The summed E-state index contributed by atoms with van der Waals surface area (Å²) in [5.41, 5.74) is -0.338. The molecule has 0 fully saturated rings. The summed E-state index contributed by atoms with van der Waals surface area (Å²) in [5.74, 6) is -1.18. The second-order valence-electron chi connectivity index (χ2n) is 3.68. The highest BCUT2D eigenvalue weighted by molar-refractivity contribution is 6.53. The molecule has 7 heteroatoms. The minimum atomic E-state index is -0.890. The van der Waals surface area contributed by atoms with Gasteiger partial charge in [-0.1, -0.05) is 64.6 Å². The predicted molar refractivity (Wildman–Crippen MR) is 79.5 cm³/mol. The molecule has 1 N–H and O–H groups in total. The summed E-state index contributed by atoms with van der Waals surface area (Å²) in [6, 6.07) is 8.28. The quantitative estimate of drug-likeness (QED) is 0.349. The minimum absolute atomic E-state index is 0.129. The Bertz CT molecular complexity index is 642. The number of carbonyl (C=O) groups is 1. The Balaban J connectivity index is 2.45. The van der Waals surface area contributed by atoms with E-state index in [0.29, 0.717) is 0 Å². The van der Waals surface area contributed by atoms with Gasteiger partial charge < -0.3 is 9.84 Å². The van der Waals surface area contributed by atoms with Gasteiger partial charge in [0.2, 0.25) is 0 Å². The average Bonchev–Trinajstić information content (AvgIpc) is 2.44. The third-order valence-corrected chi connectivity index (χ3v) is 4.19. The first-order chi connectivity index (χ1) is 9.43. The van der Waals surface area contributed by atoms with E-state index in [1.807, 2.05) is 0 Å². The molecule has 0 amide bonds. The van der Waals surface area contributed by atoms with Crippen LogP contribution in [-0.4, -0.2) is 11.1 Å². The maximum absolute atomic E-state index is 12.0. The molecule has 2 aromatic carbocycles. The van der Waals surface area contributed by atoms with E-state index >= 15 is 0 Å². The first-order valence-corrected chi connectivity index (χ1v) is 6.76. The number of rotatable bonds is 2. The Hall–Kier alpha value is -1.13. The summed E-state index contributed by atoms with van der Waals surface area (Å²) < 4.78 is 5.07. The molecule has 0 spiro atoms. The van der Waals surface area contributed by atoms with Crippen molar-refractivity contribution in [2.45, 2.75) is 0 Å². The number of hydrogen-bond acceptors (Lipinski definition) is 3. The number of esters is 1. The van der Waals surface area contributed by atoms with Crippen LogP contribution in [0, 0.1) is 0 Å². The van der Waals surface area contributed by atoms with Crippen LogP contribution in [0.5, 0.6) is 11.5 Å². The van der Waals surface area contributed by atoms with Crippen LogP contribution in [0.2, 0.25) is 20.1 Å². The lowest BCUT2D eigenvalue weighted by Gasteiger charge is -2.11. The van der Waals surface area contributed by atoms with Gasteiger partial charge in [0.05, 0.1) is 15.1 Å². The highest BCUT2D eigenvalue weighted by atomic mass is 35.5. The van der Waals surface area contributed by atoms with Crippen molar-refractivity contribution in [1.82, 2.24) is 0 Å². The molecule has 104 valence electrons. The summed E-state index contributed by atoms with van der Waals surface area (Å²) in [6.45, 7) is 0. The molecule has 0 heterocycles. The molecule has 0 unspecified atom stereocenters. The lowest BCUT2D eigenvalue weighted by molar-refractivity contribution is 0.0732. The van der Waals surface area contributed by atoms with Gasteiger partial charge in [-0.15, -0.1) is 0 Å². The summed E-state index contributed by atoms with van der Waals surface area (Å²) in [7, 11) is 0. The summed E-state index contributed by atoms with van der Waals surface area (Å²) in [6.07, 6.45) is 0. The van der Waals surface area contributed by atoms with E-state index in [9.17, 15) is 9.90 Å². The van der Waals surface area contributed by atoms with E-state index < -0.39 is 11.7 Å². The topological polar surface area (TPSA) is 46.5 Å². The SMILES string of the molecule is O=C(Oc1ccccc1)c1c(O)c(Cl)c(Cl)c(Cl)c1Cl. The first kappa shape index (κ1) is 15.3. The van der Waals surface area contributed by atoms with Crippen LogP contribution < -0.4 is 4.74 Å². The molecule has 0 aromatic heterocycles. The molecule has 20 heavy (non-hydrogen) atoms. The third-order valence-electron chi connectivity index (χ3n) is 2.40. The predicted octanol–water partition coefficient (Wildman–Crippen LogP) is 5.23. The molecule has 0 bridgehead atoms. The van der Waals surface area contributed by atoms with Crippen LogP contribution in [0.3, 0.4) is 0 Å². The number of halogens is 4. The molecule has 3 nitrogen and oxygen atoms in total. The van der Waals surface area contributed by atoms with Gasteiger partial charge in [-0.2, -0.15) is 0 Å². The van der Waals surface area contributed by atoms with Crippen LogP contribution in [0.15, 0.2) is 30.3 Å². The number of carbonyl (C=O) groups excluding carboxylic acids is 1. The lowest BCUT2D eigenvalue weighted by atomic mass is 10.2. The van der Waals surface area contributed by atoms with Gasteiger partial charge in [0.25, 0.3) is 0 Å². The van der Waals surface area contributed by atoms with Gasteiger partial charge in [0.1, 0.15) is 16.3 Å². The zero-order chi connectivity index (χ0) is 14.9. The van der Waals surface area contributed by atoms with Crippen LogP contribution >= 0.6 is 46.4 Å². The molecule has 0 aliphatic carbocycles. The van der Waals surface area contributed by atoms with Crippen LogP contribution in [0.4, 0.5) is 0 Å². The van der Waals surface area contributed by atoms with Crippen LogP contribution in [0.25, 0.3) is 0 Å². The van der Waals surface area contributed by atoms with Crippen molar-refractivity contribution in [3.8, 4) is 11.5 Å². The van der Waals surface area contributed by atoms with Gasteiger partial charge in [-0.05, 0) is 12.1 Å². The smallest absolute Gasteiger partial charge is 0.348 e. The number of phenols is 1. The van der Waals surface area contributed by atoms with Crippen LogP contribution in [-0.2, 0) is 0 Å². The molecule has 2 rings (SSSR count). The van der Waals surface area contributed by atoms with Gasteiger partial charge in [-0.3, -0.25) is 0 Å². The highest BCUT2D eigenvalue weighted by Gasteiger charge is 2.26. The van der Waals surface area contributed by atoms with Crippen molar-refractivity contribution in [2.75, 3.05) is 0 Å². The Morgan fingerprint density at radius 1 is 0.900 bits per heavy atom. The molecule has 0 atom stereocenters. The van der Waals surface area contributed by atoms with Crippen LogP contribution in [0.1, 0.15) is 10.4 Å². The average molecular weight is 352 g/mol. The fourth-order valence-corrected chi connectivity index (χ4v) is 2.37. The Morgan fingerprint density at radius 2 is 1.45 bits per heavy atom. The van der Waals surface area contributed by atoms with E-state index in [0.717, 1.165) is 0 Å². The van der Waals surface area contributed by atoms with Crippen molar-refractivity contribution >= 4 is 52.4 Å². The second-order valence-corrected chi connectivity index (χ2v) is 5.19. The van der Waals surface area contributed by atoms with Gasteiger partial charge in [0, 0.05) is 0 Å². The monoisotopic (exact) mass is 350 g/mol. The molecular formula is C13H6Cl4O3. The second kappa shape index (κ2) is 6.10. The first-order valence-electron chi connectivity index (χ1n) is 5.25. The molecule has 0 aliphatic heterocycles. The van der Waals surface area contributed by atoms with E-state index in [1.54, 1.807) is 30.3 Å². The number of hydrogen-bond donors (Lipinski definition) is 1. The number of ether oxygens (including phenoxy) is 1. The molecule has 2 aromatic rings. The maximum Gasteiger partial charge on any atom is 0.348 e. The van der Waals surface area contributed by atoms with Crippen molar-refractivity contribution < 1.29 is 14.6 Å². The largest absolute Gasteiger partial charge is 0.505 e. The Labute approximate surface area is 134 Å². The van der Waals surface area contributed by atoms with E-state index in [1.165, 1.54) is 0 Å². The summed E-state index contributed by atoms with van der Waals surface area (Å²) >= 11 is 23.3. The number of aromatic hydroxyl groups is 1. The highest BCUT2D eigenvalue weighted by Crippen LogP contribution is 2.45. The van der Waals surface area contributed by atoms with E-state index in [2.05, 4.69) is 0 Å². The number of phenolic OH excluding ortho intramolecular Hbond substituents is 1. The zero-order valence-electron chi connectivity index (χ0n) is 9.66. The van der Waals surface area contributed by atoms with Gasteiger partial charge >= 0.3 is 5.97 Å². The van der Waals surface area contributed by atoms with Gasteiger partial charge in [0.15, 0.2) is 5.75 Å². The lowest BCUT2D eigenvalue weighted by Crippen LogP contribution is -2.10. The third kappa shape index (κ3) is 2.81. The Kier molecular flexibility index (Phi) is 4.66. The molecule has 0 saturated carbocycles. The molecule has 0 aliphatic rings. The van der Waals surface area contributed by atoms with E-state index in [4.69, 9.17) is 51.1 Å². The maximum atomic E-state index is 12.0. The normalized spacial score (nSPS) is 10.4. The van der Waals surface area contributed by atoms with Crippen molar-refractivity contribution in [2.24, 2.45) is 0 Å². The van der Waals surface area contributed by atoms with Crippen molar-refractivity contribution in [3.63, 3.8) is 0 Å². The minimum Gasteiger partial charge on any atom is -0.505 e. The molecular weight excluding hydrogens is 346 g/mol. The standard InChI is InChI=1S/C13H6Cl4O3/c14-8-7(12(18)11(17)10(16)9(8)15)13(19)20-6-4-2-1-3-5-6/h1-5,18H. The fourth-order valence-electron chi connectivity index (χ4n) is 1.45. The van der Waals surface area contributed by atoms with Gasteiger partial charge in [-0.25, -0.2) is 4.79 Å². The van der Waals surface area contributed by atoms with Crippen molar-refractivity contribution in [3.05, 3.63) is 56.0 Å². The fraction of sp³-hybridized carbons (Fsp3) is 0. The van der Waals surface area contributed by atoms with E-state index in [-0.39, 0.29) is 31.4 Å². The molecule has 0 saturated heterocycles. The Morgan fingerprint density at radius 3 is 2.05 bits per heavy atom.